The van der Waals surface area contributed by atoms with Crippen molar-refractivity contribution < 1.29 is 0 Å². The van der Waals surface area contributed by atoms with Crippen molar-refractivity contribution in [1.29, 1.82) is 0 Å². The quantitative estimate of drug-likeness (QED) is 0.311. The fourth-order valence-electron chi connectivity index (χ4n) is 2.80. The van der Waals surface area contributed by atoms with E-state index < -0.39 is 0 Å². The molecule has 0 heteroatoms. The van der Waals surface area contributed by atoms with Crippen molar-refractivity contribution in [3.63, 3.8) is 0 Å². The maximum absolute atomic E-state index is 2.45. The smallest absolute Gasteiger partial charge is 0.0443 e. The first-order chi connectivity index (χ1) is 8.70. The van der Waals surface area contributed by atoms with Crippen LogP contribution >= 0.6 is 0 Å². The molecule has 110 valence electrons. The minimum absolute atomic E-state index is 0.950. The third kappa shape index (κ3) is 12.5. The van der Waals surface area contributed by atoms with Gasteiger partial charge in [0.1, 0.15) is 0 Å². The van der Waals surface area contributed by atoms with Gasteiger partial charge >= 0.3 is 0 Å². The lowest BCUT2D eigenvalue weighted by molar-refractivity contribution is 0.384. The standard InChI is InChI=1S/C18H38/c1-5-7-8-9-10-11-12-14-18(4)16-15-17(3)13-6-2/h17-18H,5-16H2,1-4H3. The molecular formula is C18H38. The lowest BCUT2D eigenvalue weighted by atomic mass is 9.92. The van der Waals surface area contributed by atoms with E-state index in [0.717, 1.165) is 11.8 Å². The molecule has 0 aromatic heterocycles. The van der Waals surface area contributed by atoms with Crippen LogP contribution in [0.15, 0.2) is 0 Å². The summed E-state index contributed by atoms with van der Waals surface area (Å²) < 4.78 is 0. The van der Waals surface area contributed by atoms with E-state index in [1.165, 1.54) is 77.0 Å². The summed E-state index contributed by atoms with van der Waals surface area (Å²) in [5.74, 6) is 1.91. The van der Waals surface area contributed by atoms with Crippen LogP contribution in [-0.2, 0) is 0 Å². The zero-order valence-electron chi connectivity index (χ0n) is 13.6. The fourth-order valence-corrected chi connectivity index (χ4v) is 2.80. The summed E-state index contributed by atoms with van der Waals surface area (Å²) in [5, 5.41) is 0. The van der Waals surface area contributed by atoms with E-state index in [1.54, 1.807) is 0 Å². The maximum Gasteiger partial charge on any atom is -0.0443 e. The Labute approximate surface area is 117 Å². The van der Waals surface area contributed by atoms with E-state index in [0.29, 0.717) is 0 Å². The summed E-state index contributed by atoms with van der Waals surface area (Å²) in [6.07, 6.45) is 17.3. The summed E-state index contributed by atoms with van der Waals surface area (Å²) in [6, 6.07) is 0. The molecule has 18 heavy (non-hydrogen) atoms. The molecule has 0 aromatic carbocycles. The van der Waals surface area contributed by atoms with Crippen molar-refractivity contribution in [3.05, 3.63) is 0 Å². The highest BCUT2D eigenvalue weighted by Gasteiger charge is 2.06. The molecule has 0 aliphatic rings. The second kappa shape index (κ2) is 13.4. The Morgan fingerprint density at radius 2 is 1.00 bits per heavy atom. The van der Waals surface area contributed by atoms with Crippen molar-refractivity contribution in [2.45, 2.75) is 105 Å². The Bertz CT molecular complexity index is 150. The SMILES string of the molecule is CCCCCCCCCC(C)CCC(C)CCC. The van der Waals surface area contributed by atoms with Crippen LogP contribution in [0, 0.1) is 11.8 Å². The van der Waals surface area contributed by atoms with E-state index in [4.69, 9.17) is 0 Å². The van der Waals surface area contributed by atoms with Crippen LogP contribution in [0.5, 0.6) is 0 Å². The van der Waals surface area contributed by atoms with Gasteiger partial charge < -0.3 is 0 Å². The number of hydrogen-bond acceptors (Lipinski definition) is 0. The van der Waals surface area contributed by atoms with E-state index >= 15 is 0 Å². The number of rotatable bonds is 13. The van der Waals surface area contributed by atoms with Crippen LogP contribution < -0.4 is 0 Å². The Morgan fingerprint density at radius 3 is 1.56 bits per heavy atom. The van der Waals surface area contributed by atoms with Crippen molar-refractivity contribution >= 4 is 0 Å². The van der Waals surface area contributed by atoms with Crippen LogP contribution in [0.4, 0.5) is 0 Å². The first-order valence-corrected chi connectivity index (χ1v) is 8.70. The molecule has 0 fully saturated rings. The molecule has 0 rings (SSSR count). The molecule has 0 bridgehead atoms. The molecule has 0 saturated heterocycles. The molecule has 0 amide bonds. The Kier molecular flexibility index (Phi) is 13.4. The highest BCUT2D eigenvalue weighted by Crippen LogP contribution is 2.20. The molecule has 0 aliphatic carbocycles. The van der Waals surface area contributed by atoms with Crippen LogP contribution in [0.3, 0.4) is 0 Å². The monoisotopic (exact) mass is 254 g/mol. The Morgan fingerprint density at radius 1 is 0.500 bits per heavy atom. The molecule has 0 radical (unpaired) electrons. The van der Waals surface area contributed by atoms with Gasteiger partial charge in [-0.1, -0.05) is 105 Å². The average molecular weight is 255 g/mol. The van der Waals surface area contributed by atoms with E-state index in [1.807, 2.05) is 0 Å². The van der Waals surface area contributed by atoms with Gasteiger partial charge in [-0.3, -0.25) is 0 Å². The lowest BCUT2D eigenvalue weighted by Crippen LogP contribution is -2.00. The van der Waals surface area contributed by atoms with Gasteiger partial charge in [0.05, 0.1) is 0 Å². The van der Waals surface area contributed by atoms with E-state index in [2.05, 4.69) is 27.7 Å². The Hall–Kier alpha value is 0. The van der Waals surface area contributed by atoms with Gasteiger partial charge in [0.2, 0.25) is 0 Å². The molecule has 0 aromatic rings. The highest BCUT2D eigenvalue weighted by molar-refractivity contribution is 4.59. The third-order valence-electron chi connectivity index (χ3n) is 4.23. The highest BCUT2D eigenvalue weighted by atomic mass is 14.1. The molecule has 2 unspecified atom stereocenters. The van der Waals surface area contributed by atoms with Gasteiger partial charge in [-0.25, -0.2) is 0 Å². The fraction of sp³-hybridized carbons (Fsp3) is 1.00. The van der Waals surface area contributed by atoms with Crippen molar-refractivity contribution in [2.24, 2.45) is 11.8 Å². The minimum Gasteiger partial charge on any atom is -0.0654 e. The van der Waals surface area contributed by atoms with Crippen molar-refractivity contribution in [3.8, 4) is 0 Å². The van der Waals surface area contributed by atoms with Crippen LogP contribution in [0.25, 0.3) is 0 Å². The molecule has 0 nitrogen and oxygen atoms in total. The van der Waals surface area contributed by atoms with E-state index in [9.17, 15) is 0 Å². The minimum atomic E-state index is 0.950. The summed E-state index contributed by atoms with van der Waals surface area (Å²) in [4.78, 5) is 0. The molecule has 0 aliphatic heterocycles. The summed E-state index contributed by atoms with van der Waals surface area (Å²) >= 11 is 0. The van der Waals surface area contributed by atoms with Crippen LogP contribution in [-0.4, -0.2) is 0 Å². The topological polar surface area (TPSA) is 0 Å². The largest absolute Gasteiger partial charge is 0.0654 e. The zero-order chi connectivity index (χ0) is 13.6. The van der Waals surface area contributed by atoms with Gasteiger partial charge in [0, 0.05) is 0 Å². The average Bonchev–Trinajstić information content (AvgIpc) is 2.35. The van der Waals surface area contributed by atoms with Crippen molar-refractivity contribution in [2.75, 3.05) is 0 Å². The van der Waals surface area contributed by atoms with Gasteiger partial charge in [0.25, 0.3) is 0 Å². The van der Waals surface area contributed by atoms with Crippen molar-refractivity contribution in [1.82, 2.24) is 0 Å². The summed E-state index contributed by atoms with van der Waals surface area (Å²) in [7, 11) is 0. The molecule has 0 N–H and O–H groups in total. The second-order valence-electron chi connectivity index (χ2n) is 6.49. The second-order valence-corrected chi connectivity index (χ2v) is 6.49. The molecule has 0 spiro atoms. The predicted octanol–water partition coefficient (Wildman–Crippen LogP) is 6.98. The lowest BCUT2D eigenvalue weighted by Gasteiger charge is -2.14. The summed E-state index contributed by atoms with van der Waals surface area (Å²) in [6.45, 7) is 9.47. The predicted molar refractivity (Wildman–Crippen MR) is 85.1 cm³/mol. The molecular weight excluding hydrogens is 216 g/mol. The third-order valence-corrected chi connectivity index (χ3v) is 4.23. The Balaban J connectivity index is 3.23. The molecule has 0 heterocycles. The first-order valence-electron chi connectivity index (χ1n) is 8.70. The number of unbranched alkanes of at least 4 members (excludes halogenated alkanes) is 6. The molecule has 0 saturated carbocycles. The normalized spacial score (nSPS) is 14.7. The van der Waals surface area contributed by atoms with Gasteiger partial charge in [0.15, 0.2) is 0 Å². The molecule has 2 atom stereocenters. The summed E-state index contributed by atoms with van der Waals surface area (Å²) in [5.41, 5.74) is 0. The van der Waals surface area contributed by atoms with Gasteiger partial charge in [-0.05, 0) is 11.8 Å². The van der Waals surface area contributed by atoms with Gasteiger partial charge in [-0.2, -0.15) is 0 Å². The number of hydrogen-bond donors (Lipinski definition) is 0. The maximum atomic E-state index is 2.45. The zero-order valence-corrected chi connectivity index (χ0v) is 13.6. The van der Waals surface area contributed by atoms with E-state index in [-0.39, 0.29) is 0 Å². The first kappa shape index (κ1) is 18.0. The van der Waals surface area contributed by atoms with Crippen LogP contribution in [0.2, 0.25) is 0 Å². The van der Waals surface area contributed by atoms with Crippen LogP contribution in [0.1, 0.15) is 105 Å². The van der Waals surface area contributed by atoms with Gasteiger partial charge in [-0.15, -0.1) is 0 Å².